The summed E-state index contributed by atoms with van der Waals surface area (Å²) in [5.74, 6) is 0.542. The van der Waals surface area contributed by atoms with E-state index < -0.39 is 0 Å². The summed E-state index contributed by atoms with van der Waals surface area (Å²) in [7, 11) is 0. The van der Waals surface area contributed by atoms with E-state index in [4.69, 9.17) is 0 Å². The van der Waals surface area contributed by atoms with E-state index in [0.29, 0.717) is 17.1 Å². The van der Waals surface area contributed by atoms with Crippen LogP contribution in [0.5, 0.6) is 0 Å². The highest BCUT2D eigenvalue weighted by molar-refractivity contribution is 6.04. The van der Waals surface area contributed by atoms with Crippen molar-refractivity contribution in [2.75, 3.05) is 5.32 Å². The Morgan fingerprint density at radius 1 is 0.926 bits per heavy atom. The molecule has 132 valence electrons. The van der Waals surface area contributed by atoms with Crippen molar-refractivity contribution in [3.63, 3.8) is 0 Å². The molecule has 0 spiro atoms. The van der Waals surface area contributed by atoms with Crippen molar-refractivity contribution >= 4 is 11.9 Å². The molecule has 0 unspecified atom stereocenters. The number of benzene rings is 2. The minimum absolute atomic E-state index is 0.229. The topological polar surface area (TPSA) is 72.7 Å². The highest BCUT2D eigenvalue weighted by atomic mass is 16.1. The van der Waals surface area contributed by atoms with E-state index in [1.807, 2.05) is 73.7 Å². The molecule has 2 heterocycles. The third-order valence-corrected chi connectivity index (χ3v) is 4.12. The van der Waals surface area contributed by atoms with Gasteiger partial charge in [-0.15, -0.1) is 5.10 Å². The number of rotatable bonds is 4. The maximum atomic E-state index is 12.6. The molecule has 0 aliphatic carbocycles. The van der Waals surface area contributed by atoms with Crippen LogP contribution in [-0.4, -0.2) is 25.7 Å². The lowest BCUT2D eigenvalue weighted by atomic mass is 10.1. The van der Waals surface area contributed by atoms with Gasteiger partial charge in [0.2, 0.25) is 5.95 Å². The Bertz CT molecular complexity index is 1020. The zero-order valence-corrected chi connectivity index (χ0v) is 14.7. The number of nitrogens with one attached hydrogen (secondary N) is 1. The summed E-state index contributed by atoms with van der Waals surface area (Å²) in [6.07, 6.45) is 1.70. The minimum atomic E-state index is -0.245. The fourth-order valence-electron chi connectivity index (χ4n) is 2.77. The fourth-order valence-corrected chi connectivity index (χ4v) is 2.77. The quantitative estimate of drug-likeness (QED) is 0.603. The van der Waals surface area contributed by atoms with Crippen LogP contribution >= 0.6 is 0 Å². The van der Waals surface area contributed by atoms with Gasteiger partial charge in [0.15, 0.2) is 5.82 Å². The third kappa shape index (κ3) is 3.46. The van der Waals surface area contributed by atoms with Crippen LogP contribution in [-0.2, 0) is 0 Å². The monoisotopic (exact) mass is 355 g/mol. The van der Waals surface area contributed by atoms with E-state index in [0.717, 1.165) is 11.3 Å². The van der Waals surface area contributed by atoms with Crippen LogP contribution in [0.1, 0.15) is 15.9 Å². The predicted molar refractivity (Wildman–Crippen MR) is 104 cm³/mol. The molecular formula is C21H17N5O. The molecule has 0 aliphatic heterocycles. The van der Waals surface area contributed by atoms with Gasteiger partial charge in [-0.2, -0.15) is 4.98 Å². The van der Waals surface area contributed by atoms with Gasteiger partial charge in [-0.25, -0.2) is 4.68 Å². The molecule has 0 atom stereocenters. The Hall–Kier alpha value is -3.80. The zero-order valence-electron chi connectivity index (χ0n) is 14.7. The molecule has 2 aromatic heterocycles. The second-order valence-corrected chi connectivity index (χ2v) is 5.99. The second kappa shape index (κ2) is 7.21. The smallest absolute Gasteiger partial charge is 0.258 e. The Kier molecular flexibility index (Phi) is 4.45. The number of hydrogen-bond acceptors (Lipinski definition) is 4. The summed E-state index contributed by atoms with van der Waals surface area (Å²) in [5, 5.41) is 7.28. The van der Waals surface area contributed by atoms with Crippen LogP contribution in [0, 0.1) is 6.92 Å². The summed E-state index contributed by atoms with van der Waals surface area (Å²) in [6.45, 7) is 1.89. The van der Waals surface area contributed by atoms with Gasteiger partial charge in [0, 0.05) is 11.8 Å². The predicted octanol–water partition coefficient (Wildman–Crippen LogP) is 3.89. The van der Waals surface area contributed by atoms with Crippen molar-refractivity contribution in [2.24, 2.45) is 0 Å². The molecule has 1 N–H and O–H groups in total. The summed E-state index contributed by atoms with van der Waals surface area (Å²) in [5.41, 5.74) is 2.99. The molecule has 1 amide bonds. The van der Waals surface area contributed by atoms with Crippen LogP contribution in [0.3, 0.4) is 0 Å². The van der Waals surface area contributed by atoms with Crippen LogP contribution in [0.15, 0.2) is 79.0 Å². The van der Waals surface area contributed by atoms with E-state index in [-0.39, 0.29) is 11.9 Å². The molecule has 2 aromatic carbocycles. The van der Waals surface area contributed by atoms with Crippen molar-refractivity contribution in [3.05, 3.63) is 90.1 Å². The van der Waals surface area contributed by atoms with Gasteiger partial charge >= 0.3 is 0 Å². The molecule has 6 nitrogen and oxygen atoms in total. The number of aryl methyl sites for hydroxylation is 1. The lowest BCUT2D eigenvalue weighted by Gasteiger charge is -2.04. The lowest BCUT2D eigenvalue weighted by Crippen LogP contribution is -2.14. The number of anilines is 1. The van der Waals surface area contributed by atoms with Gasteiger partial charge in [-0.1, -0.05) is 42.5 Å². The van der Waals surface area contributed by atoms with Crippen LogP contribution < -0.4 is 5.32 Å². The molecule has 27 heavy (non-hydrogen) atoms. The fraction of sp³-hybridized carbons (Fsp3) is 0.0476. The van der Waals surface area contributed by atoms with Crippen LogP contribution in [0.2, 0.25) is 0 Å². The van der Waals surface area contributed by atoms with Gasteiger partial charge in [-0.05, 0) is 42.8 Å². The number of nitrogens with zero attached hydrogens (tertiary/aromatic N) is 4. The summed E-state index contributed by atoms with van der Waals surface area (Å²) >= 11 is 0. The number of aromatic nitrogens is 4. The molecule has 0 saturated heterocycles. The highest BCUT2D eigenvalue weighted by Gasteiger charge is 2.17. The second-order valence-electron chi connectivity index (χ2n) is 5.99. The third-order valence-electron chi connectivity index (χ3n) is 4.12. The van der Waals surface area contributed by atoms with E-state index in [2.05, 4.69) is 20.4 Å². The normalized spacial score (nSPS) is 10.6. The number of carbonyl (C=O) groups is 1. The Morgan fingerprint density at radius 3 is 2.41 bits per heavy atom. The number of pyridine rings is 1. The largest absolute Gasteiger partial charge is 0.289 e. The van der Waals surface area contributed by atoms with Gasteiger partial charge in [0.1, 0.15) is 5.69 Å². The first-order chi connectivity index (χ1) is 13.2. The number of carbonyl (C=O) groups excluding carboxylic acids is 1. The van der Waals surface area contributed by atoms with Crippen molar-refractivity contribution in [3.8, 4) is 17.2 Å². The van der Waals surface area contributed by atoms with E-state index in [9.17, 15) is 4.79 Å². The summed E-state index contributed by atoms with van der Waals surface area (Å²) in [4.78, 5) is 21.5. The van der Waals surface area contributed by atoms with E-state index >= 15 is 0 Å². The number of para-hydroxylation sites is 1. The van der Waals surface area contributed by atoms with Gasteiger partial charge in [0.05, 0.1) is 5.69 Å². The molecule has 0 fully saturated rings. The molecule has 4 rings (SSSR count). The Morgan fingerprint density at radius 2 is 1.67 bits per heavy atom. The first-order valence-corrected chi connectivity index (χ1v) is 8.53. The minimum Gasteiger partial charge on any atom is -0.289 e. The first-order valence-electron chi connectivity index (χ1n) is 8.53. The average Bonchev–Trinajstić information content (AvgIpc) is 3.13. The molecule has 0 bridgehead atoms. The number of hydrogen-bond donors (Lipinski definition) is 1. The average molecular weight is 355 g/mol. The van der Waals surface area contributed by atoms with Crippen LogP contribution in [0.4, 0.5) is 5.95 Å². The van der Waals surface area contributed by atoms with Gasteiger partial charge in [-0.3, -0.25) is 15.1 Å². The summed E-state index contributed by atoms with van der Waals surface area (Å²) < 4.78 is 1.68. The first kappa shape index (κ1) is 16.7. The molecular weight excluding hydrogens is 338 g/mol. The SMILES string of the molecule is Cc1ccccc1C(=O)Nc1nc(-c2ccccn2)n(-c2ccccc2)n1. The Labute approximate surface area is 156 Å². The zero-order chi connectivity index (χ0) is 18.6. The van der Waals surface area contributed by atoms with Crippen molar-refractivity contribution in [2.45, 2.75) is 6.92 Å². The maximum absolute atomic E-state index is 12.6. The highest BCUT2D eigenvalue weighted by Crippen LogP contribution is 2.21. The maximum Gasteiger partial charge on any atom is 0.258 e. The standard InChI is InChI=1S/C21H17N5O/c1-15-9-5-6-12-17(15)20(27)24-21-23-19(18-13-7-8-14-22-18)26(25-21)16-10-3-2-4-11-16/h2-14H,1H3,(H,24,25,27). The lowest BCUT2D eigenvalue weighted by molar-refractivity contribution is 0.102. The van der Waals surface area contributed by atoms with E-state index in [1.54, 1.807) is 16.9 Å². The van der Waals surface area contributed by atoms with Crippen molar-refractivity contribution in [1.82, 2.24) is 19.7 Å². The van der Waals surface area contributed by atoms with Crippen molar-refractivity contribution in [1.29, 1.82) is 0 Å². The van der Waals surface area contributed by atoms with E-state index in [1.165, 1.54) is 0 Å². The molecule has 4 aromatic rings. The molecule has 0 saturated carbocycles. The molecule has 0 aliphatic rings. The Balaban J connectivity index is 1.74. The van der Waals surface area contributed by atoms with Crippen LogP contribution in [0.25, 0.3) is 17.2 Å². The summed E-state index contributed by atoms with van der Waals surface area (Å²) in [6, 6.07) is 22.6. The number of amides is 1. The van der Waals surface area contributed by atoms with Gasteiger partial charge in [0.25, 0.3) is 5.91 Å². The molecule has 6 heteroatoms. The van der Waals surface area contributed by atoms with Gasteiger partial charge < -0.3 is 0 Å². The van der Waals surface area contributed by atoms with Crippen molar-refractivity contribution < 1.29 is 4.79 Å². The molecule has 0 radical (unpaired) electrons.